The molecule has 0 aliphatic carbocycles. The van der Waals surface area contributed by atoms with Crippen LogP contribution in [-0.4, -0.2) is 19.6 Å². The Balaban J connectivity index is 2.46. The number of nitrogens with two attached hydrogens (primary N) is 1. The minimum Gasteiger partial charge on any atom is -0.491 e. The lowest BCUT2D eigenvalue weighted by Crippen LogP contribution is -2.18. The van der Waals surface area contributed by atoms with Crippen LogP contribution in [0.4, 0.5) is 13.2 Å². The summed E-state index contributed by atoms with van der Waals surface area (Å²) in [6, 6.07) is 5.36. The van der Waals surface area contributed by atoms with Gasteiger partial charge in [0.2, 0.25) is 0 Å². The SMILES string of the molecule is Cc1ccc(CN)cc1OCCOC(F)(F)F. The highest BCUT2D eigenvalue weighted by Gasteiger charge is 2.28. The Morgan fingerprint density at radius 1 is 1.24 bits per heavy atom. The van der Waals surface area contributed by atoms with E-state index in [1.165, 1.54) is 0 Å². The van der Waals surface area contributed by atoms with Crippen molar-refractivity contribution in [2.75, 3.05) is 13.2 Å². The minimum atomic E-state index is -4.61. The maximum absolute atomic E-state index is 11.7. The van der Waals surface area contributed by atoms with Gasteiger partial charge in [0.1, 0.15) is 12.4 Å². The van der Waals surface area contributed by atoms with E-state index in [4.69, 9.17) is 10.5 Å². The second-order valence-corrected chi connectivity index (χ2v) is 3.45. The Bertz CT molecular complexity index is 366. The number of alkyl halides is 3. The molecule has 0 bridgehead atoms. The van der Waals surface area contributed by atoms with Crippen molar-refractivity contribution in [3.05, 3.63) is 29.3 Å². The summed E-state index contributed by atoms with van der Waals surface area (Å²) in [6.07, 6.45) is -4.61. The molecule has 96 valence electrons. The maximum atomic E-state index is 11.7. The average molecular weight is 249 g/mol. The molecule has 0 aliphatic heterocycles. The topological polar surface area (TPSA) is 44.5 Å². The Hall–Kier alpha value is -1.27. The van der Waals surface area contributed by atoms with E-state index in [1.807, 2.05) is 12.1 Å². The summed E-state index contributed by atoms with van der Waals surface area (Å²) in [5.41, 5.74) is 7.16. The number of ether oxygens (including phenoxy) is 2. The number of aryl methyl sites for hydroxylation is 1. The number of rotatable bonds is 5. The van der Waals surface area contributed by atoms with E-state index >= 15 is 0 Å². The fourth-order valence-corrected chi connectivity index (χ4v) is 1.24. The van der Waals surface area contributed by atoms with Crippen LogP contribution in [0.1, 0.15) is 11.1 Å². The van der Waals surface area contributed by atoms with E-state index in [9.17, 15) is 13.2 Å². The van der Waals surface area contributed by atoms with Crippen LogP contribution in [0.3, 0.4) is 0 Å². The molecular weight excluding hydrogens is 235 g/mol. The van der Waals surface area contributed by atoms with E-state index < -0.39 is 13.0 Å². The third-order valence-electron chi connectivity index (χ3n) is 2.09. The first-order chi connectivity index (χ1) is 7.92. The van der Waals surface area contributed by atoms with Gasteiger partial charge in [0.05, 0.1) is 6.61 Å². The average Bonchev–Trinajstić information content (AvgIpc) is 2.25. The fraction of sp³-hybridized carbons (Fsp3) is 0.455. The van der Waals surface area contributed by atoms with Crippen LogP contribution in [0.5, 0.6) is 5.75 Å². The molecule has 0 radical (unpaired) electrons. The summed E-state index contributed by atoms with van der Waals surface area (Å²) in [4.78, 5) is 0. The molecule has 0 saturated carbocycles. The normalized spacial score (nSPS) is 11.6. The summed E-state index contributed by atoms with van der Waals surface area (Å²) in [5.74, 6) is 0.527. The summed E-state index contributed by atoms with van der Waals surface area (Å²) in [5, 5.41) is 0. The van der Waals surface area contributed by atoms with E-state index in [0.29, 0.717) is 12.3 Å². The zero-order valence-electron chi connectivity index (χ0n) is 9.38. The van der Waals surface area contributed by atoms with Gasteiger partial charge in [-0.2, -0.15) is 0 Å². The molecule has 0 spiro atoms. The molecule has 6 heteroatoms. The summed E-state index contributed by atoms with van der Waals surface area (Å²) >= 11 is 0. The van der Waals surface area contributed by atoms with Gasteiger partial charge in [0.15, 0.2) is 0 Å². The van der Waals surface area contributed by atoms with E-state index in [-0.39, 0.29) is 6.61 Å². The van der Waals surface area contributed by atoms with Crippen LogP contribution in [0, 0.1) is 6.92 Å². The fourth-order valence-electron chi connectivity index (χ4n) is 1.24. The van der Waals surface area contributed by atoms with Crippen LogP contribution in [-0.2, 0) is 11.3 Å². The predicted molar refractivity (Wildman–Crippen MR) is 56.6 cm³/mol. The molecule has 0 saturated heterocycles. The zero-order chi connectivity index (χ0) is 12.9. The molecule has 0 aromatic heterocycles. The molecule has 0 aliphatic rings. The molecular formula is C11H14F3NO2. The van der Waals surface area contributed by atoms with Gasteiger partial charge >= 0.3 is 6.36 Å². The lowest BCUT2D eigenvalue weighted by Gasteiger charge is -2.11. The molecule has 1 rings (SSSR count). The Morgan fingerprint density at radius 3 is 2.53 bits per heavy atom. The van der Waals surface area contributed by atoms with Crippen molar-refractivity contribution in [3.8, 4) is 5.75 Å². The predicted octanol–water partition coefficient (Wildman–Crippen LogP) is 2.37. The van der Waals surface area contributed by atoms with E-state index in [1.54, 1.807) is 13.0 Å². The van der Waals surface area contributed by atoms with Crippen LogP contribution >= 0.6 is 0 Å². The molecule has 3 nitrogen and oxygen atoms in total. The van der Waals surface area contributed by atoms with Crippen molar-refractivity contribution in [3.63, 3.8) is 0 Å². The monoisotopic (exact) mass is 249 g/mol. The van der Waals surface area contributed by atoms with Gasteiger partial charge in [-0.05, 0) is 24.1 Å². The first-order valence-electron chi connectivity index (χ1n) is 5.05. The summed E-state index contributed by atoms with van der Waals surface area (Å²) in [7, 11) is 0. The van der Waals surface area contributed by atoms with Gasteiger partial charge in [0.25, 0.3) is 0 Å². The lowest BCUT2D eigenvalue weighted by molar-refractivity contribution is -0.325. The van der Waals surface area contributed by atoms with Crippen molar-refractivity contribution in [1.29, 1.82) is 0 Å². The largest absolute Gasteiger partial charge is 0.522 e. The van der Waals surface area contributed by atoms with Gasteiger partial charge in [-0.1, -0.05) is 12.1 Å². The van der Waals surface area contributed by atoms with Crippen molar-refractivity contribution in [2.24, 2.45) is 5.73 Å². The highest BCUT2D eigenvalue weighted by molar-refractivity contribution is 5.36. The number of hydrogen-bond acceptors (Lipinski definition) is 3. The van der Waals surface area contributed by atoms with Crippen molar-refractivity contribution in [1.82, 2.24) is 0 Å². The summed E-state index contributed by atoms with van der Waals surface area (Å²) in [6.45, 7) is 1.47. The highest BCUT2D eigenvalue weighted by atomic mass is 19.4. The quantitative estimate of drug-likeness (QED) is 0.815. The maximum Gasteiger partial charge on any atom is 0.522 e. The second kappa shape index (κ2) is 5.88. The second-order valence-electron chi connectivity index (χ2n) is 3.45. The number of hydrogen-bond donors (Lipinski definition) is 1. The Labute approximate surface area is 97.3 Å². The molecule has 0 unspecified atom stereocenters. The molecule has 0 atom stereocenters. The van der Waals surface area contributed by atoms with Gasteiger partial charge in [-0.25, -0.2) is 0 Å². The summed E-state index contributed by atoms with van der Waals surface area (Å²) < 4.78 is 43.8. The third kappa shape index (κ3) is 5.06. The van der Waals surface area contributed by atoms with E-state index in [0.717, 1.165) is 11.1 Å². The smallest absolute Gasteiger partial charge is 0.491 e. The molecule has 1 aromatic carbocycles. The van der Waals surface area contributed by atoms with Crippen molar-refractivity contribution < 1.29 is 22.6 Å². The van der Waals surface area contributed by atoms with Crippen molar-refractivity contribution >= 4 is 0 Å². The lowest BCUT2D eigenvalue weighted by atomic mass is 10.1. The first kappa shape index (κ1) is 13.8. The van der Waals surface area contributed by atoms with Crippen molar-refractivity contribution in [2.45, 2.75) is 19.8 Å². The minimum absolute atomic E-state index is 0.158. The van der Waals surface area contributed by atoms with Gasteiger partial charge < -0.3 is 10.5 Å². The number of halogens is 3. The van der Waals surface area contributed by atoms with Crippen LogP contribution in [0.15, 0.2) is 18.2 Å². The van der Waals surface area contributed by atoms with Crippen LogP contribution in [0.2, 0.25) is 0 Å². The third-order valence-corrected chi connectivity index (χ3v) is 2.09. The van der Waals surface area contributed by atoms with Gasteiger partial charge in [-0.15, -0.1) is 13.2 Å². The zero-order valence-corrected chi connectivity index (χ0v) is 9.38. The van der Waals surface area contributed by atoms with Gasteiger partial charge in [-0.3, -0.25) is 4.74 Å². The Morgan fingerprint density at radius 2 is 1.94 bits per heavy atom. The van der Waals surface area contributed by atoms with Gasteiger partial charge in [0, 0.05) is 6.54 Å². The molecule has 17 heavy (non-hydrogen) atoms. The molecule has 2 N–H and O–H groups in total. The highest BCUT2D eigenvalue weighted by Crippen LogP contribution is 2.20. The molecule has 1 aromatic rings. The number of benzene rings is 1. The van der Waals surface area contributed by atoms with E-state index in [2.05, 4.69) is 4.74 Å². The molecule has 0 fully saturated rings. The first-order valence-corrected chi connectivity index (χ1v) is 5.05. The standard InChI is InChI=1S/C11H14F3NO2/c1-8-2-3-9(7-15)6-10(8)16-4-5-17-11(12,13)14/h2-3,6H,4-5,7,15H2,1H3. The Kier molecular flexibility index (Phi) is 4.77. The van der Waals surface area contributed by atoms with Crippen LogP contribution < -0.4 is 10.5 Å². The molecule has 0 heterocycles. The molecule has 0 amide bonds. The van der Waals surface area contributed by atoms with Crippen LogP contribution in [0.25, 0.3) is 0 Å².